The van der Waals surface area contributed by atoms with Crippen molar-refractivity contribution in [1.82, 2.24) is 9.97 Å². The molecule has 1 atom stereocenters. The van der Waals surface area contributed by atoms with Crippen molar-refractivity contribution in [2.45, 2.75) is 25.8 Å². The molecular formula is C9H14BrN3O. The molecule has 0 spiro atoms. The number of halogens is 1. The molecule has 1 heterocycles. The summed E-state index contributed by atoms with van der Waals surface area (Å²) in [5, 5.41) is 12.1. The summed E-state index contributed by atoms with van der Waals surface area (Å²) < 4.78 is 0.844. The third kappa shape index (κ3) is 3.23. The molecule has 0 aromatic carbocycles. The molecule has 1 aromatic heterocycles. The Kier molecular flexibility index (Phi) is 4.82. The van der Waals surface area contributed by atoms with Gasteiger partial charge in [-0.05, 0) is 28.8 Å². The average molecular weight is 260 g/mol. The first-order valence-electron chi connectivity index (χ1n) is 4.60. The molecule has 0 saturated heterocycles. The molecule has 0 saturated carbocycles. The zero-order valence-corrected chi connectivity index (χ0v) is 9.66. The Labute approximate surface area is 91.9 Å². The number of aliphatic hydroxyl groups is 1. The zero-order chi connectivity index (χ0) is 10.4. The highest BCUT2D eigenvalue weighted by molar-refractivity contribution is 9.10. The van der Waals surface area contributed by atoms with E-state index in [1.807, 2.05) is 0 Å². The predicted molar refractivity (Wildman–Crippen MR) is 59.1 cm³/mol. The zero-order valence-electron chi connectivity index (χ0n) is 8.07. The number of aromatic nitrogens is 2. The van der Waals surface area contributed by atoms with E-state index in [2.05, 4.69) is 38.1 Å². The fraction of sp³-hybridized carbons (Fsp3) is 0.556. The van der Waals surface area contributed by atoms with Crippen LogP contribution in [0.1, 0.15) is 19.8 Å². The molecule has 78 valence electrons. The highest BCUT2D eigenvalue weighted by Gasteiger charge is 2.07. The molecule has 1 rings (SSSR count). The van der Waals surface area contributed by atoms with Crippen molar-refractivity contribution < 1.29 is 5.11 Å². The van der Waals surface area contributed by atoms with Gasteiger partial charge in [-0.15, -0.1) is 0 Å². The standard InChI is InChI=1S/C9H14BrN3O/c1-2-7(3-4-14)13-9-8(10)5-11-6-12-9/h5-7,14H,2-4H2,1H3,(H,11,12,13). The van der Waals surface area contributed by atoms with E-state index in [1.54, 1.807) is 6.20 Å². The molecule has 0 bridgehead atoms. The van der Waals surface area contributed by atoms with Crippen LogP contribution in [-0.4, -0.2) is 27.7 Å². The average Bonchev–Trinajstić information content (AvgIpc) is 2.20. The summed E-state index contributed by atoms with van der Waals surface area (Å²) in [7, 11) is 0. The summed E-state index contributed by atoms with van der Waals surface area (Å²) in [5.74, 6) is 0.778. The van der Waals surface area contributed by atoms with E-state index in [1.165, 1.54) is 6.33 Å². The fourth-order valence-corrected chi connectivity index (χ4v) is 1.48. The topological polar surface area (TPSA) is 58.0 Å². The van der Waals surface area contributed by atoms with E-state index >= 15 is 0 Å². The van der Waals surface area contributed by atoms with Gasteiger partial charge >= 0.3 is 0 Å². The number of hydrogen-bond donors (Lipinski definition) is 2. The van der Waals surface area contributed by atoms with Crippen LogP contribution in [0.3, 0.4) is 0 Å². The molecule has 0 radical (unpaired) electrons. The summed E-state index contributed by atoms with van der Waals surface area (Å²) in [4.78, 5) is 7.97. The van der Waals surface area contributed by atoms with Gasteiger partial charge in [0.05, 0.1) is 4.47 Å². The molecule has 5 heteroatoms. The molecule has 0 aliphatic rings. The Bertz CT molecular complexity index is 283. The minimum atomic E-state index is 0.189. The van der Waals surface area contributed by atoms with Crippen molar-refractivity contribution in [3.05, 3.63) is 17.0 Å². The monoisotopic (exact) mass is 259 g/mol. The first-order chi connectivity index (χ1) is 6.77. The van der Waals surface area contributed by atoms with E-state index in [9.17, 15) is 0 Å². The maximum Gasteiger partial charge on any atom is 0.143 e. The van der Waals surface area contributed by atoms with Crippen molar-refractivity contribution in [1.29, 1.82) is 0 Å². The Morgan fingerprint density at radius 1 is 1.64 bits per heavy atom. The highest BCUT2D eigenvalue weighted by atomic mass is 79.9. The number of nitrogens with one attached hydrogen (secondary N) is 1. The maximum atomic E-state index is 8.83. The van der Waals surface area contributed by atoms with Crippen molar-refractivity contribution in [3.8, 4) is 0 Å². The van der Waals surface area contributed by atoms with Gasteiger partial charge in [-0.2, -0.15) is 0 Å². The lowest BCUT2D eigenvalue weighted by Gasteiger charge is -2.16. The summed E-state index contributed by atoms with van der Waals surface area (Å²) >= 11 is 3.36. The summed E-state index contributed by atoms with van der Waals surface area (Å²) in [6, 6.07) is 0.256. The quantitative estimate of drug-likeness (QED) is 0.847. The van der Waals surface area contributed by atoms with Gasteiger partial charge < -0.3 is 10.4 Å². The van der Waals surface area contributed by atoms with Gasteiger partial charge in [-0.25, -0.2) is 9.97 Å². The molecule has 0 amide bonds. The summed E-state index contributed by atoms with van der Waals surface area (Å²) in [6.45, 7) is 2.26. The number of nitrogens with zero attached hydrogens (tertiary/aromatic N) is 2. The second-order valence-electron chi connectivity index (χ2n) is 2.98. The Balaban J connectivity index is 2.62. The van der Waals surface area contributed by atoms with Crippen LogP contribution in [-0.2, 0) is 0 Å². The summed E-state index contributed by atoms with van der Waals surface area (Å²) in [5.41, 5.74) is 0. The predicted octanol–water partition coefficient (Wildman–Crippen LogP) is 1.81. The molecule has 4 nitrogen and oxygen atoms in total. The van der Waals surface area contributed by atoms with Gasteiger partial charge in [0.1, 0.15) is 12.1 Å². The third-order valence-electron chi connectivity index (χ3n) is 1.98. The van der Waals surface area contributed by atoms with Gasteiger partial charge in [-0.1, -0.05) is 6.92 Å². The lowest BCUT2D eigenvalue weighted by Crippen LogP contribution is -2.20. The minimum absolute atomic E-state index is 0.189. The third-order valence-corrected chi connectivity index (χ3v) is 2.56. The SMILES string of the molecule is CCC(CCO)Nc1ncncc1Br. The van der Waals surface area contributed by atoms with Crippen LogP contribution < -0.4 is 5.32 Å². The van der Waals surface area contributed by atoms with Gasteiger partial charge in [0.15, 0.2) is 0 Å². The first kappa shape index (κ1) is 11.4. The largest absolute Gasteiger partial charge is 0.396 e. The van der Waals surface area contributed by atoms with E-state index in [0.717, 1.165) is 23.1 Å². The number of aliphatic hydroxyl groups excluding tert-OH is 1. The maximum absolute atomic E-state index is 8.83. The highest BCUT2D eigenvalue weighted by Crippen LogP contribution is 2.19. The van der Waals surface area contributed by atoms with Crippen molar-refractivity contribution in [2.75, 3.05) is 11.9 Å². The first-order valence-corrected chi connectivity index (χ1v) is 5.40. The van der Waals surface area contributed by atoms with E-state index in [-0.39, 0.29) is 12.6 Å². The van der Waals surface area contributed by atoms with Crippen molar-refractivity contribution in [3.63, 3.8) is 0 Å². The van der Waals surface area contributed by atoms with Crippen LogP contribution in [0.5, 0.6) is 0 Å². The normalized spacial score (nSPS) is 12.5. The number of hydrogen-bond acceptors (Lipinski definition) is 4. The molecule has 0 aliphatic heterocycles. The molecule has 0 fully saturated rings. The van der Waals surface area contributed by atoms with Gasteiger partial charge in [0.25, 0.3) is 0 Å². The Hall–Kier alpha value is -0.680. The van der Waals surface area contributed by atoms with Gasteiger partial charge in [-0.3, -0.25) is 0 Å². The molecular weight excluding hydrogens is 246 g/mol. The molecule has 2 N–H and O–H groups in total. The van der Waals surface area contributed by atoms with Crippen LogP contribution in [0.2, 0.25) is 0 Å². The lowest BCUT2D eigenvalue weighted by molar-refractivity contribution is 0.278. The van der Waals surface area contributed by atoms with E-state index in [4.69, 9.17) is 5.11 Å². The van der Waals surface area contributed by atoms with Gasteiger partial charge in [0.2, 0.25) is 0 Å². The second kappa shape index (κ2) is 5.93. The van der Waals surface area contributed by atoms with Crippen LogP contribution in [0.25, 0.3) is 0 Å². The van der Waals surface area contributed by atoms with Crippen LogP contribution in [0, 0.1) is 0 Å². The fourth-order valence-electron chi connectivity index (χ4n) is 1.15. The Morgan fingerprint density at radius 2 is 2.43 bits per heavy atom. The smallest absolute Gasteiger partial charge is 0.143 e. The summed E-state index contributed by atoms with van der Waals surface area (Å²) in [6.07, 6.45) is 4.88. The minimum Gasteiger partial charge on any atom is -0.396 e. The molecule has 1 unspecified atom stereocenters. The van der Waals surface area contributed by atoms with Crippen LogP contribution >= 0.6 is 15.9 Å². The lowest BCUT2D eigenvalue weighted by atomic mass is 10.1. The number of anilines is 1. The number of rotatable bonds is 5. The van der Waals surface area contributed by atoms with Gasteiger partial charge in [0, 0.05) is 18.8 Å². The molecule has 14 heavy (non-hydrogen) atoms. The van der Waals surface area contributed by atoms with Crippen LogP contribution in [0.4, 0.5) is 5.82 Å². The van der Waals surface area contributed by atoms with Crippen LogP contribution in [0.15, 0.2) is 17.0 Å². The van der Waals surface area contributed by atoms with Crippen molar-refractivity contribution in [2.24, 2.45) is 0 Å². The second-order valence-corrected chi connectivity index (χ2v) is 3.84. The van der Waals surface area contributed by atoms with E-state index < -0.39 is 0 Å². The molecule has 0 aliphatic carbocycles. The van der Waals surface area contributed by atoms with Crippen molar-refractivity contribution >= 4 is 21.7 Å². The van der Waals surface area contributed by atoms with E-state index in [0.29, 0.717) is 0 Å². The molecule has 1 aromatic rings. The Morgan fingerprint density at radius 3 is 3.00 bits per heavy atom.